The zero-order chi connectivity index (χ0) is 12.8. The van der Waals surface area contributed by atoms with E-state index in [1.165, 1.54) is 6.92 Å². The summed E-state index contributed by atoms with van der Waals surface area (Å²) in [5.74, 6) is 0.673. The number of amides is 1. The second kappa shape index (κ2) is 6.25. The van der Waals surface area contributed by atoms with Gasteiger partial charge < -0.3 is 15.2 Å². The number of carbonyl (C=O) groups is 1. The van der Waals surface area contributed by atoms with Gasteiger partial charge in [-0.15, -0.1) is 0 Å². The summed E-state index contributed by atoms with van der Waals surface area (Å²) in [6.45, 7) is 5.81. The average molecular weight is 237 g/mol. The maximum absolute atomic E-state index is 11.0. The molecule has 4 heteroatoms. The van der Waals surface area contributed by atoms with Crippen LogP contribution in [0, 0.1) is 6.92 Å². The minimum atomic E-state index is -0.359. The van der Waals surface area contributed by atoms with E-state index in [-0.39, 0.29) is 18.6 Å². The molecule has 0 aliphatic heterocycles. The highest BCUT2D eigenvalue weighted by molar-refractivity contribution is 5.73. The van der Waals surface area contributed by atoms with Crippen LogP contribution in [-0.2, 0) is 4.79 Å². The molecule has 0 saturated carbocycles. The first-order valence-corrected chi connectivity index (χ1v) is 5.69. The average Bonchev–Trinajstić information content (AvgIpc) is 2.28. The Labute approximate surface area is 102 Å². The van der Waals surface area contributed by atoms with Gasteiger partial charge in [-0.3, -0.25) is 4.79 Å². The van der Waals surface area contributed by atoms with Gasteiger partial charge in [0.2, 0.25) is 5.91 Å². The molecule has 4 nitrogen and oxygen atoms in total. The Morgan fingerprint density at radius 2 is 2.24 bits per heavy atom. The molecular formula is C13H19NO3. The molecule has 0 radical (unpaired) electrons. The molecule has 1 aromatic rings. The summed E-state index contributed by atoms with van der Waals surface area (Å²) in [5, 5.41) is 11.9. The van der Waals surface area contributed by atoms with Crippen LogP contribution in [0.2, 0.25) is 0 Å². The number of nitrogens with one attached hydrogen (secondary N) is 1. The summed E-state index contributed by atoms with van der Waals surface area (Å²) in [7, 11) is 0. The third-order valence-corrected chi connectivity index (χ3v) is 2.46. The van der Waals surface area contributed by atoms with E-state index in [2.05, 4.69) is 5.32 Å². The van der Waals surface area contributed by atoms with Crippen molar-refractivity contribution in [2.45, 2.75) is 26.8 Å². The molecule has 0 fully saturated rings. The van der Waals surface area contributed by atoms with Crippen LogP contribution in [0.1, 0.15) is 31.0 Å². The molecule has 1 unspecified atom stereocenters. The number of carbonyl (C=O) groups excluding carboxylic acids is 1. The monoisotopic (exact) mass is 237 g/mol. The number of ether oxygens (including phenoxy) is 1. The molecule has 0 bridgehead atoms. The van der Waals surface area contributed by atoms with Crippen molar-refractivity contribution in [2.24, 2.45) is 0 Å². The van der Waals surface area contributed by atoms with Crippen LogP contribution < -0.4 is 10.1 Å². The second-order valence-electron chi connectivity index (χ2n) is 3.89. The molecule has 1 amide bonds. The second-order valence-corrected chi connectivity index (χ2v) is 3.89. The third-order valence-electron chi connectivity index (χ3n) is 2.46. The van der Waals surface area contributed by atoms with Gasteiger partial charge in [0.25, 0.3) is 0 Å². The van der Waals surface area contributed by atoms with Crippen molar-refractivity contribution < 1.29 is 14.6 Å². The molecule has 0 aromatic heterocycles. The lowest BCUT2D eigenvalue weighted by Crippen LogP contribution is -2.28. The summed E-state index contributed by atoms with van der Waals surface area (Å²) in [5.41, 5.74) is 1.87. The van der Waals surface area contributed by atoms with Crippen LogP contribution >= 0.6 is 0 Å². The van der Waals surface area contributed by atoms with Gasteiger partial charge in [-0.2, -0.15) is 0 Å². The van der Waals surface area contributed by atoms with Gasteiger partial charge >= 0.3 is 0 Å². The Morgan fingerprint density at radius 3 is 2.71 bits per heavy atom. The fraction of sp³-hybridized carbons (Fsp3) is 0.462. The lowest BCUT2D eigenvalue weighted by Gasteiger charge is -2.17. The van der Waals surface area contributed by atoms with Crippen molar-refractivity contribution in [1.29, 1.82) is 0 Å². The van der Waals surface area contributed by atoms with E-state index in [0.29, 0.717) is 6.61 Å². The Balaban J connectivity index is 2.90. The van der Waals surface area contributed by atoms with E-state index in [4.69, 9.17) is 4.74 Å². The smallest absolute Gasteiger partial charge is 0.217 e. The SMILES string of the molecule is CCOc1ccc(C(CO)NC(C)=O)cc1C. The zero-order valence-electron chi connectivity index (χ0n) is 10.5. The molecule has 94 valence electrons. The van der Waals surface area contributed by atoms with Crippen LogP contribution in [0.3, 0.4) is 0 Å². The van der Waals surface area contributed by atoms with Crippen molar-refractivity contribution in [3.8, 4) is 5.75 Å². The van der Waals surface area contributed by atoms with Gasteiger partial charge in [0.05, 0.1) is 19.3 Å². The number of hydrogen-bond acceptors (Lipinski definition) is 3. The van der Waals surface area contributed by atoms with E-state index in [1.807, 2.05) is 32.0 Å². The molecule has 0 saturated heterocycles. The molecule has 0 aliphatic carbocycles. The molecule has 2 N–H and O–H groups in total. The largest absolute Gasteiger partial charge is 0.494 e. The van der Waals surface area contributed by atoms with E-state index < -0.39 is 0 Å². The lowest BCUT2D eigenvalue weighted by atomic mass is 10.0. The molecule has 0 spiro atoms. The van der Waals surface area contributed by atoms with Gasteiger partial charge in [-0.1, -0.05) is 12.1 Å². The summed E-state index contributed by atoms with van der Waals surface area (Å²) in [6.07, 6.45) is 0. The van der Waals surface area contributed by atoms with E-state index in [0.717, 1.165) is 16.9 Å². The molecule has 1 aromatic carbocycles. The Bertz CT molecular complexity index is 390. The topological polar surface area (TPSA) is 58.6 Å². The molecule has 17 heavy (non-hydrogen) atoms. The summed E-state index contributed by atoms with van der Waals surface area (Å²) in [4.78, 5) is 11.0. The lowest BCUT2D eigenvalue weighted by molar-refractivity contribution is -0.120. The maximum Gasteiger partial charge on any atom is 0.217 e. The predicted octanol–water partition coefficient (Wildman–Crippen LogP) is 1.56. The van der Waals surface area contributed by atoms with Gasteiger partial charge in [0, 0.05) is 6.92 Å². The van der Waals surface area contributed by atoms with E-state index >= 15 is 0 Å². The fourth-order valence-electron chi connectivity index (χ4n) is 1.69. The van der Waals surface area contributed by atoms with Crippen molar-refractivity contribution in [1.82, 2.24) is 5.32 Å². The molecular weight excluding hydrogens is 218 g/mol. The number of rotatable bonds is 5. The minimum Gasteiger partial charge on any atom is -0.494 e. The maximum atomic E-state index is 11.0. The Morgan fingerprint density at radius 1 is 1.53 bits per heavy atom. The van der Waals surface area contributed by atoms with Crippen LogP contribution in [0.5, 0.6) is 5.75 Å². The van der Waals surface area contributed by atoms with Gasteiger partial charge in [-0.05, 0) is 31.0 Å². The van der Waals surface area contributed by atoms with Crippen LogP contribution in [-0.4, -0.2) is 24.2 Å². The Hall–Kier alpha value is -1.55. The number of aryl methyl sites for hydroxylation is 1. The van der Waals surface area contributed by atoms with Crippen molar-refractivity contribution in [2.75, 3.05) is 13.2 Å². The zero-order valence-corrected chi connectivity index (χ0v) is 10.5. The summed E-state index contributed by atoms with van der Waals surface area (Å²) >= 11 is 0. The van der Waals surface area contributed by atoms with Crippen molar-refractivity contribution >= 4 is 5.91 Å². The highest BCUT2D eigenvalue weighted by atomic mass is 16.5. The fourth-order valence-corrected chi connectivity index (χ4v) is 1.69. The summed E-state index contributed by atoms with van der Waals surface area (Å²) in [6, 6.07) is 5.27. The highest BCUT2D eigenvalue weighted by Crippen LogP contribution is 2.22. The Kier molecular flexibility index (Phi) is 4.97. The quantitative estimate of drug-likeness (QED) is 0.817. The van der Waals surface area contributed by atoms with Crippen molar-refractivity contribution in [3.05, 3.63) is 29.3 Å². The standard InChI is InChI=1S/C13H19NO3/c1-4-17-13-6-5-11(7-9(13)2)12(8-15)14-10(3)16/h5-7,12,15H,4,8H2,1-3H3,(H,14,16). The van der Waals surface area contributed by atoms with Gasteiger partial charge in [0.1, 0.15) is 5.75 Å². The number of benzene rings is 1. The number of aliphatic hydroxyl groups excluding tert-OH is 1. The van der Waals surface area contributed by atoms with E-state index in [1.54, 1.807) is 0 Å². The first-order valence-electron chi connectivity index (χ1n) is 5.69. The predicted molar refractivity (Wildman–Crippen MR) is 66.0 cm³/mol. The molecule has 1 atom stereocenters. The number of aliphatic hydroxyl groups is 1. The minimum absolute atomic E-state index is 0.118. The van der Waals surface area contributed by atoms with E-state index in [9.17, 15) is 9.90 Å². The first kappa shape index (κ1) is 13.5. The van der Waals surface area contributed by atoms with Crippen molar-refractivity contribution in [3.63, 3.8) is 0 Å². The molecule has 0 aliphatic rings. The summed E-state index contributed by atoms with van der Waals surface area (Å²) < 4.78 is 5.44. The normalized spacial score (nSPS) is 12.0. The molecule has 1 rings (SSSR count). The van der Waals surface area contributed by atoms with Gasteiger partial charge in [0.15, 0.2) is 0 Å². The number of hydrogen-bond donors (Lipinski definition) is 2. The van der Waals surface area contributed by atoms with Crippen LogP contribution in [0.25, 0.3) is 0 Å². The van der Waals surface area contributed by atoms with Crippen LogP contribution in [0.15, 0.2) is 18.2 Å². The first-order chi connectivity index (χ1) is 8.08. The highest BCUT2D eigenvalue weighted by Gasteiger charge is 2.12. The van der Waals surface area contributed by atoms with Gasteiger partial charge in [-0.25, -0.2) is 0 Å². The van der Waals surface area contributed by atoms with Crippen LogP contribution in [0.4, 0.5) is 0 Å². The third kappa shape index (κ3) is 3.75. The molecule has 0 heterocycles.